The number of halogens is 1. The van der Waals surface area contributed by atoms with Gasteiger partial charge < -0.3 is 10.2 Å². The first-order chi connectivity index (χ1) is 7.56. The zero-order valence-corrected chi connectivity index (χ0v) is 11.4. The molecule has 0 radical (unpaired) electrons. The monoisotopic (exact) mass is 288 g/mol. The fourth-order valence-corrected chi connectivity index (χ4v) is 1.87. The minimum absolute atomic E-state index is 0.0469. The molecule has 1 N–H and O–H groups in total. The van der Waals surface area contributed by atoms with E-state index in [-0.39, 0.29) is 5.78 Å². The smallest absolute Gasteiger partial charge is 0.195 e. The summed E-state index contributed by atoms with van der Waals surface area (Å²) in [6, 6.07) is 0. The molecular formula is C10H17BrN4O. The van der Waals surface area contributed by atoms with Crippen molar-refractivity contribution in [2.45, 2.75) is 6.54 Å². The zero-order chi connectivity index (χ0) is 12.1. The topological polar surface area (TPSA) is 50.2 Å². The van der Waals surface area contributed by atoms with Gasteiger partial charge >= 0.3 is 0 Å². The molecule has 0 saturated carbocycles. The third kappa shape index (κ3) is 3.40. The number of hydrogen-bond acceptors (Lipinski definition) is 4. The van der Waals surface area contributed by atoms with E-state index >= 15 is 0 Å². The molecule has 0 aliphatic heterocycles. The van der Waals surface area contributed by atoms with E-state index < -0.39 is 0 Å². The second-order valence-electron chi connectivity index (χ2n) is 3.82. The van der Waals surface area contributed by atoms with Gasteiger partial charge in [0.15, 0.2) is 5.78 Å². The summed E-state index contributed by atoms with van der Waals surface area (Å²) in [6.45, 7) is 1.89. The highest BCUT2D eigenvalue weighted by molar-refractivity contribution is 9.10. The first-order valence-electron chi connectivity index (χ1n) is 5.10. The predicted octanol–water partition coefficient (Wildman–Crippen LogP) is 0.609. The molecule has 1 aromatic rings. The van der Waals surface area contributed by atoms with Crippen molar-refractivity contribution in [3.63, 3.8) is 0 Å². The van der Waals surface area contributed by atoms with Gasteiger partial charge in [-0.15, -0.1) is 0 Å². The zero-order valence-electron chi connectivity index (χ0n) is 9.83. The van der Waals surface area contributed by atoms with Gasteiger partial charge in [-0.05, 0) is 37.1 Å². The second kappa shape index (κ2) is 6.12. The van der Waals surface area contributed by atoms with Crippen molar-refractivity contribution in [2.75, 3.05) is 34.2 Å². The van der Waals surface area contributed by atoms with Crippen LogP contribution in [0.4, 0.5) is 0 Å². The summed E-state index contributed by atoms with van der Waals surface area (Å²) in [6.07, 6.45) is 1.67. The van der Waals surface area contributed by atoms with Gasteiger partial charge in [-0.2, -0.15) is 5.10 Å². The molecular weight excluding hydrogens is 272 g/mol. The Labute approximate surface area is 104 Å². The molecule has 0 amide bonds. The highest BCUT2D eigenvalue weighted by Gasteiger charge is 2.16. The van der Waals surface area contributed by atoms with Crippen LogP contribution in [-0.4, -0.2) is 54.7 Å². The molecule has 0 saturated heterocycles. The molecule has 0 bridgehead atoms. The van der Waals surface area contributed by atoms with E-state index in [1.54, 1.807) is 17.9 Å². The molecule has 16 heavy (non-hydrogen) atoms. The normalized spacial score (nSPS) is 11.1. The van der Waals surface area contributed by atoms with Gasteiger partial charge in [0, 0.05) is 6.54 Å². The lowest BCUT2D eigenvalue weighted by atomic mass is 10.3. The molecule has 1 rings (SSSR count). The Kier molecular flexibility index (Phi) is 5.11. The lowest BCUT2D eigenvalue weighted by Gasteiger charge is -2.11. The summed E-state index contributed by atoms with van der Waals surface area (Å²) in [4.78, 5) is 13.9. The number of nitrogens with one attached hydrogen (secondary N) is 1. The van der Waals surface area contributed by atoms with Crippen LogP contribution < -0.4 is 5.32 Å². The molecule has 6 heteroatoms. The maximum atomic E-state index is 11.8. The SMILES string of the molecule is CNCC(=O)c1c(Br)cnn1CCN(C)C. The van der Waals surface area contributed by atoms with Gasteiger partial charge in [0.05, 0.1) is 23.8 Å². The fourth-order valence-electron chi connectivity index (χ4n) is 1.35. The Hall–Kier alpha value is -0.720. The number of nitrogens with zero attached hydrogens (tertiary/aromatic N) is 3. The maximum Gasteiger partial charge on any atom is 0.195 e. The molecule has 1 heterocycles. The standard InChI is InChI=1S/C10H17BrN4O/c1-12-7-9(16)10-8(11)6-13-15(10)5-4-14(2)3/h6,12H,4-5,7H2,1-3H3. The number of ketones is 1. The van der Waals surface area contributed by atoms with Crippen LogP contribution in [0.25, 0.3) is 0 Å². The summed E-state index contributed by atoms with van der Waals surface area (Å²) < 4.78 is 2.50. The number of carbonyl (C=O) groups excluding carboxylic acids is 1. The fraction of sp³-hybridized carbons (Fsp3) is 0.600. The van der Waals surface area contributed by atoms with Crippen molar-refractivity contribution in [2.24, 2.45) is 0 Å². The lowest BCUT2D eigenvalue weighted by molar-refractivity contribution is 0.0981. The Morgan fingerprint density at radius 1 is 1.62 bits per heavy atom. The van der Waals surface area contributed by atoms with Crippen molar-refractivity contribution >= 4 is 21.7 Å². The number of rotatable bonds is 6. The van der Waals surface area contributed by atoms with Crippen LogP contribution in [-0.2, 0) is 6.54 Å². The number of aromatic nitrogens is 2. The predicted molar refractivity (Wildman–Crippen MR) is 66.7 cm³/mol. The van der Waals surface area contributed by atoms with Crippen LogP contribution in [0.2, 0.25) is 0 Å². The van der Waals surface area contributed by atoms with E-state index in [2.05, 4.69) is 31.2 Å². The Balaban J connectivity index is 2.81. The van der Waals surface area contributed by atoms with E-state index in [4.69, 9.17) is 0 Å². The summed E-state index contributed by atoms with van der Waals surface area (Å²) in [5.41, 5.74) is 0.635. The number of carbonyl (C=O) groups is 1. The van der Waals surface area contributed by atoms with Crippen molar-refractivity contribution in [1.82, 2.24) is 20.0 Å². The van der Waals surface area contributed by atoms with Crippen molar-refractivity contribution in [3.05, 3.63) is 16.4 Å². The quantitative estimate of drug-likeness (QED) is 0.780. The molecule has 0 aliphatic rings. The number of likely N-dealkylation sites (N-methyl/N-ethyl adjacent to an activating group) is 2. The minimum Gasteiger partial charge on any atom is -0.313 e. The Bertz CT molecular complexity index is 362. The van der Waals surface area contributed by atoms with E-state index in [1.165, 1.54) is 0 Å². The van der Waals surface area contributed by atoms with Crippen LogP contribution in [0.3, 0.4) is 0 Å². The van der Waals surface area contributed by atoms with E-state index in [0.29, 0.717) is 18.8 Å². The highest BCUT2D eigenvalue weighted by Crippen LogP contribution is 2.16. The van der Waals surface area contributed by atoms with Crippen molar-refractivity contribution in [1.29, 1.82) is 0 Å². The molecule has 1 aromatic heterocycles. The highest BCUT2D eigenvalue weighted by atomic mass is 79.9. The third-order valence-electron chi connectivity index (χ3n) is 2.16. The number of Topliss-reactive ketones (excluding diaryl/α,β-unsaturated/α-hetero) is 1. The van der Waals surface area contributed by atoms with Crippen LogP contribution in [0.5, 0.6) is 0 Å². The van der Waals surface area contributed by atoms with Crippen LogP contribution in [0.1, 0.15) is 10.5 Å². The van der Waals surface area contributed by atoms with Gasteiger partial charge in [0.1, 0.15) is 5.69 Å². The molecule has 0 aromatic carbocycles. The van der Waals surface area contributed by atoms with E-state index in [9.17, 15) is 4.79 Å². The van der Waals surface area contributed by atoms with Crippen molar-refractivity contribution in [3.8, 4) is 0 Å². The van der Waals surface area contributed by atoms with Crippen LogP contribution in [0, 0.1) is 0 Å². The first kappa shape index (κ1) is 13.3. The molecule has 5 nitrogen and oxygen atoms in total. The second-order valence-corrected chi connectivity index (χ2v) is 4.68. The maximum absolute atomic E-state index is 11.8. The van der Waals surface area contributed by atoms with Gasteiger partial charge in [-0.25, -0.2) is 0 Å². The average Bonchev–Trinajstić information content (AvgIpc) is 2.57. The van der Waals surface area contributed by atoms with Gasteiger partial charge in [-0.1, -0.05) is 0 Å². The molecule has 0 fully saturated rings. The van der Waals surface area contributed by atoms with E-state index in [0.717, 1.165) is 11.0 Å². The van der Waals surface area contributed by atoms with Gasteiger partial charge in [0.2, 0.25) is 0 Å². The first-order valence-corrected chi connectivity index (χ1v) is 5.89. The summed E-state index contributed by atoms with van der Waals surface area (Å²) in [5.74, 6) is 0.0469. The third-order valence-corrected chi connectivity index (χ3v) is 2.74. The van der Waals surface area contributed by atoms with Crippen LogP contribution >= 0.6 is 15.9 Å². The van der Waals surface area contributed by atoms with Gasteiger partial charge in [-0.3, -0.25) is 9.48 Å². The minimum atomic E-state index is 0.0469. The molecule has 0 spiro atoms. The molecule has 0 unspecified atom stereocenters. The van der Waals surface area contributed by atoms with E-state index in [1.807, 2.05) is 14.1 Å². The summed E-state index contributed by atoms with van der Waals surface area (Å²) in [7, 11) is 5.74. The van der Waals surface area contributed by atoms with Crippen LogP contribution in [0.15, 0.2) is 10.7 Å². The summed E-state index contributed by atoms with van der Waals surface area (Å²) >= 11 is 3.35. The summed E-state index contributed by atoms with van der Waals surface area (Å²) in [5, 5.41) is 7.04. The Morgan fingerprint density at radius 2 is 2.31 bits per heavy atom. The lowest BCUT2D eigenvalue weighted by Crippen LogP contribution is -2.25. The Morgan fingerprint density at radius 3 is 2.88 bits per heavy atom. The molecule has 90 valence electrons. The number of hydrogen-bond donors (Lipinski definition) is 1. The van der Waals surface area contributed by atoms with Gasteiger partial charge in [0.25, 0.3) is 0 Å². The largest absolute Gasteiger partial charge is 0.313 e. The van der Waals surface area contributed by atoms with Crippen molar-refractivity contribution < 1.29 is 4.79 Å². The molecule has 0 aliphatic carbocycles. The molecule has 0 atom stereocenters. The average molecular weight is 289 g/mol.